The molecule has 12 heavy (non-hydrogen) atoms. The second-order valence-corrected chi connectivity index (χ2v) is 4.49. The van der Waals surface area contributed by atoms with Gasteiger partial charge in [-0.15, -0.1) is 11.6 Å². The number of rotatable bonds is 3. The zero-order valence-corrected chi connectivity index (χ0v) is 8.69. The molecule has 3 N–H and O–H groups in total. The van der Waals surface area contributed by atoms with Crippen LogP contribution in [0, 0.1) is 0 Å². The van der Waals surface area contributed by atoms with Crippen molar-refractivity contribution in [3.63, 3.8) is 0 Å². The second-order valence-electron chi connectivity index (χ2n) is 3.35. The molecular weight excluding hydrogens is 178 g/mol. The van der Waals surface area contributed by atoms with Crippen molar-refractivity contribution in [2.45, 2.75) is 38.5 Å². The van der Waals surface area contributed by atoms with Crippen LogP contribution in [0.5, 0.6) is 0 Å². The molecule has 74 valence electrons. The van der Waals surface area contributed by atoms with Gasteiger partial charge in [-0.05, 0) is 33.7 Å². The van der Waals surface area contributed by atoms with E-state index < -0.39 is 5.97 Å². The molecule has 0 aliphatic rings. The number of hydrogen-bond donors (Lipinski definition) is 2. The Balaban J connectivity index is 0. The minimum atomic E-state index is -0.773. The first-order chi connectivity index (χ1) is 5.27. The fourth-order valence-electron chi connectivity index (χ4n) is 0.253. The number of hydrogen-bond acceptors (Lipinski definition) is 2. The number of carboxylic acid groups (broad SMARTS) is 1. The fraction of sp³-hybridized carbons (Fsp3) is 0.875. The summed E-state index contributed by atoms with van der Waals surface area (Å²) in [6, 6.07) is 0. The molecule has 0 unspecified atom stereocenters. The maximum atomic E-state index is 9.70. The van der Waals surface area contributed by atoms with E-state index in [-0.39, 0.29) is 11.3 Å². The molecule has 0 atom stereocenters. The predicted octanol–water partition coefficient (Wildman–Crippen LogP) is 1.83. The standard InChI is InChI=1S/C4H9Cl.C4H9NO2/c1-4(2,3)5;5-3-1-2-4(6)7/h1-3H3;1-3,5H2,(H,6,7). The normalized spacial score (nSPS) is 10.1. The molecule has 0 radical (unpaired) electrons. The van der Waals surface area contributed by atoms with Crippen LogP contribution >= 0.6 is 11.6 Å². The highest BCUT2D eigenvalue weighted by atomic mass is 35.5. The predicted molar refractivity (Wildman–Crippen MR) is 51.5 cm³/mol. The van der Waals surface area contributed by atoms with E-state index in [1.54, 1.807) is 0 Å². The van der Waals surface area contributed by atoms with Crippen LogP contribution in [-0.2, 0) is 4.79 Å². The Morgan fingerprint density at radius 2 is 1.83 bits per heavy atom. The van der Waals surface area contributed by atoms with Crippen molar-refractivity contribution < 1.29 is 9.90 Å². The van der Waals surface area contributed by atoms with Gasteiger partial charge in [0.2, 0.25) is 0 Å². The van der Waals surface area contributed by atoms with Crippen LogP contribution in [0.25, 0.3) is 0 Å². The van der Waals surface area contributed by atoms with Crippen molar-refractivity contribution in [3.05, 3.63) is 0 Å². The summed E-state index contributed by atoms with van der Waals surface area (Å²) in [7, 11) is 0. The second kappa shape index (κ2) is 7.37. The number of alkyl halides is 1. The summed E-state index contributed by atoms with van der Waals surface area (Å²) in [6.07, 6.45) is 0.770. The molecule has 0 saturated carbocycles. The molecule has 4 heteroatoms. The van der Waals surface area contributed by atoms with E-state index in [1.165, 1.54) is 0 Å². The van der Waals surface area contributed by atoms with E-state index in [1.807, 2.05) is 20.8 Å². The van der Waals surface area contributed by atoms with Crippen LogP contribution in [0.3, 0.4) is 0 Å². The van der Waals surface area contributed by atoms with Gasteiger partial charge < -0.3 is 10.8 Å². The molecule has 0 fully saturated rings. The Labute approximate surface area is 78.9 Å². The summed E-state index contributed by atoms with van der Waals surface area (Å²) in [5, 5.41) is 7.99. The van der Waals surface area contributed by atoms with Gasteiger partial charge >= 0.3 is 5.97 Å². The number of carboxylic acids is 1. The Hall–Kier alpha value is -0.280. The van der Waals surface area contributed by atoms with Crippen molar-refractivity contribution in [2.75, 3.05) is 6.54 Å². The number of aliphatic carboxylic acids is 1. The molecule has 0 aliphatic heterocycles. The highest BCUT2D eigenvalue weighted by Crippen LogP contribution is 2.07. The van der Waals surface area contributed by atoms with Crippen molar-refractivity contribution in [1.82, 2.24) is 0 Å². The summed E-state index contributed by atoms with van der Waals surface area (Å²) >= 11 is 5.53. The van der Waals surface area contributed by atoms with E-state index >= 15 is 0 Å². The summed E-state index contributed by atoms with van der Waals surface area (Å²) in [5.74, 6) is -0.773. The number of halogens is 1. The summed E-state index contributed by atoms with van der Waals surface area (Å²) < 4.78 is 0. The number of nitrogens with two attached hydrogens (primary N) is 1. The average Bonchev–Trinajstić information content (AvgIpc) is 1.79. The molecule has 0 aromatic heterocycles. The Morgan fingerprint density at radius 1 is 1.50 bits per heavy atom. The summed E-state index contributed by atoms with van der Waals surface area (Å²) in [6.45, 7) is 6.32. The van der Waals surface area contributed by atoms with Crippen LogP contribution in [0.2, 0.25) is 0 Å². The maximum absolute atomic E-state index is 9.70. The lowest BCUT2D eigenvalue weighted by atomic mass is 10.3. The average molecular weight is 196 g/mol. The van der Waals surface area contributed by atoms with Gasteiger partial charge in [0.1, 0.15) is 0 Å². The van der Waals surface area contributed by atoms with Crippen LogP contribution < -0.4 is 5.73 Å². The van der Waals surface area contributed by atoms with E-state index in [0.717, 1.165) is 0 Å². The third-order valence-corrected chi connectivity index (χ3v) is 0.595. The lowest BCUT2D eigenvalue weighted by Gasteiger charge is -2.01. The molecule has 0 amide bonds. The molecule has 0 saturated heterocycles. The first-order valence-corrected chi connectivity index (χ1v) is 4.26. The van der Waals surface area contributed by atoms with E-state index in [9.17, 15) is 4.79 Å². The van der Waals surface area contributed by atoms with Gasteiger partial charge in [0.05, 0.1) is 0 Å². The van der Waals surface area contributed by atoms with Gasteiger partial charge in [-0.3, -0.25) is 4.79 Å². The molecule has 0 aromatic carbocycles. The zero-order valence-electron chi connectivity index (χ0n) is 7.93. The monoisotopic (exact) mass is 195 g/mol. The van der Waals surface area contributed by atoms with Crippen LogP contribution in [0.15, 0.2) is 0 Å². The van der Waals surface area contributed by atoms with Crippen molar-refractivity contribution in [1.29, 1.82) is 0 Å². The Kier molecular flexibility index (Phi) is 8.76. The largest absolute Gasteiger partial charge is 0.481 e. The number of carbonyl (C=O) groups is 1. The SMILES string of the molecule is CC(C)(C)Cl.NCCCC(=O)O. The first kappa shape index (κ1) is 14.3. The molecule has 0 rings (SSSR count). The maximum Gasteiger partial charge on any atom is 0.303 e. The van der Waals surface area contributed by atoms with Gasteiger partial charge in [0.25, 0.3) is 0 Å². The molecule has 3 nitrogen and oxygen atoms in total. The van der Waals surface area contributed by atoms with E-state index in [4.69, 9.17) is 22.4 Å². The Bertz CT molecular complexity index is 115. The van der Waals surface area contributed by atoms with E-state index in [0.29, 0.717) is 13.0 Å². The van der Waals surface area contributed by atoms with Gasteiger partial charge in [0, 0.05) is 11.3 Å². The van der Waals surface area contributed by atoms with Crippen LogP contribution in [-0.4, -0.2) is 22.5 Å². The van der Waals surface area contributed by atoms with Gasteiger partial charge in [-0.2, -0.15) is 0 Å². The fourth-order valence-corrected chi connectivity index (χ4v) is 0.253. The molecule has 0 heterocycles. The lowest BCUT2D eigenvalue weighted by molar-refractivity contribution is -0.137. The van der Waals surface area contributed by atoms with Crippen LogP contribution in [0.4, 0.5) is 0 Å². The molecule has 0 aromatic rings. The minimum Gasteiger partial charge on any atom is -0.481 e. The topological polar surface area (TPSA) is 63.3 Å². The van der Waals surface area contributed by atoms with E-state index in [2.05, 4.69) is 0 Å². The van der Waals surface area contributed by atoms with Crippen molar-refractivity contribution >= 4 is 17.6 Å². The first-order valence-electron chi connectivity index (χ1n) is 3.88. The quantitative estimate of drug-likeness (QED) is 0.676. The third-order valence-electron chi connectivity index (χ3n) is 0.595. The summed E-state index contributed by atoms with van der Waals surface area (Å²) in [4.78, 5) is 9.67. The van der Waals surface area contributed by atoms with Gasteiger partial charge in [0.15, 0.2) is 0 Å². The molecular formula is C8H18ClNO2. The molecule has 0 spiro atoms. The highest BCUT2D eigenvalue weighted by molar-refractivity contribution is 6.23. The van der Waals surface area contributed by atoms with Crippen LogP contribution in [0.1, 0.15) is 33.6 Å². The minimum absolute atomic E-state index is 0.0278. The zero-order chi connectivity index (χ0) is 10.2. The Morgan fingerprint density at radius 3 is 1.92 bits per heavy atom. The smallest absolute Gasteiger partial charge is 0.303 e. The van der Waals surface area contributed by atoms with Crippen molar-refractivity contribution in [2.24, 2.45) is 5.73 Å². The van der Waals surface area contributed by atoms with Gasteiger partial charge in [-0.1, -0.05) is 0 Å². The molecule has 0 aliphatic carbocycles. The third kappa shape index (κ3) is 53.4. The molecule has 0 bridgehead atoms. The van der Waals surface area contributed by atoms with Gasteiger partial charge in [-0.25, -0.2) is 0 Å². The lowest BCUT2D eigenvalue weighted by Crippen LogP contribution is -2.02. The highest BCUT2D eigenvalue weighted by Gasteiger charge is 1.99. The summed E-state index contributed by atoms with van der Waals surface area (Å²) in [5.41, 5.74) is 5.01. The van der Waals surface area contributed by atoms with Crippen molar-refractivity contribution in [3.8, 4) is 0 Å².